The third kappa shape index (κ3) is 3.99. The summed E-state index contributed by atoms with van der Waals surface area (Å²) in [5.41, 5.74) is 5.56. The maximum Gasteiger partial charge on any atom is 0.102 e. The number of hydrogen-bond acceptors (Lipinski definition) is 4. The van der Waals surface area contributed by atoms with Gasteiger partial charge in [0.25, 0.3) is 0 Å². The van der Waals surface area contributed by atoms with Crippen LogP contribution in [0.15, 0.2) is 0 Å². The van der Waals surface area contributed by atoms with Gasteiger partial charge in [0, 0.05) is 26.1 Å². The van der Waals surface area contributed by atoms with Gasteiger partial charge in [-0.2, -0.15) is 0 Å². The summed E-state index contributed by atoms with van der Waals surface area (Å²) in [5, 5.41) is 18.0. The Morgan fingerprint density at radius 3 is 2.25 bits per heavy atom. The van der Waals surface area contributed by atoms with Crippen molar-refractivity contribution >= 4 is 0 Å². The van der Waals surface area contributed by atoms with Crippen molar-refractivity contribution in [3.63, 3.8) is 0 Å². The molecule has 0 saturated carbocycles. The van der Waals surface area contributed by atoms with Gasteiger partial charge in [0.15, 0.2) is 0 Å². The minimum Gasteiger partial charge on any atom is -0.395 e. The zero-order valence-electron chi connectivity index (χ0n) is 10.1. The number of nitrogens with zero attached hydrogens (tertiary/aromatic N) is 2. The molecule has 5 nitrogen and oxygen atoms in total. The lowest BCUT2D eigenvalue weighted by molar-refractivity contribution is -0.932. The zero-order valence-corrected chi connectivity index (χ0v) is 10.1. The third-order valence-corrected chi connectivity index (χ3v) is 3.61. The molecule has 1 aliphatic rings. The SMILES string of the molecule is NCCC[N+]1(CCO)CCN(CCO)CC1. The smallest absolute Gasteiger partial charge is 0.102 e. The summed E-state index contributed by atoms with van der Waals surface area (Å²) in [7, 11) is 0. The second-order valence-electron chi connectivity index (χ2n) is 4.67. The second-order valence-corrected chi connectivity index (χ2v) is 4.67. The van der Waals surface area contributed by atoms with Crippen LogP contribution in [0.4, 0.5) is 0 Å². The van der Waals surface area contributed by atoms with Gasteiger partial charge < -0.3 is 20.4 Å². The molecule has 96 valence electrons. The van der Waals surface area contributed by atoms with E-state index in [1.807, 2.05) is 0 Å². The Hall–Kier alpha value is -0.200. The number of β-amino-alcohol motifs (C(OH)–C–C–N with tert-alkyl or cyclic N) is 1. The first-order chi connectivity index (χ1) is 7.76. The van der Waals surface area contributed by atoms with Crippen LogP contribution in [0.2, 0.25) is 0 Å². The molecule has 0 bridgehead atoms. The average molecular weight is 232 g/mol. The van der Waals surface area contributed by atoms with Crippen molar-refractivity contribution in [2.24, 2.45) is 5.73 Å². The average Bonchev–Trinajstić information content (AvgIpc) is 2.30. The van der Waals surface area contributed by atoms with Gasteiger partial charge in [-0.15, -0.1) is 0 Å². The van der Waals surface area contributed by atoms with E-state index in [2.05, 4.69) is 4.90 Å². The van der Waals surface area contributed by atoms with Gasteiger partial charge in [0.1, 0.15) is 6.54 Å². The summed E-state index contributed by atoms with van der Waals surface area (Å²) in [5.74, 6) is 0. The van der Waals surface area contributed by atoms with Crippen molar-refractivity contribution in [3.8, 4) is 0 Å². The van der Waals surface area contributed by atoms with E-state index >= 15 is 0 Å². The predicted molar refractivity (Wildman–Crippen MR) is 64.0 cm³/mol. The Kier molecular flexibility index (Phi) is 6.23. The summed E-state index contributed by atoms with van der Waals surface area (Å²) in [6, 6.07) is 0. The lowest BCUT2D eigenvalue weighted by Crippen LogP contribution is -2.61. The lowest BCUT2D eigenvalue weighted by atomic mass is 10.2. The van der Waals surface area contributed by atoms with Crippen molar-refractivity contribution < 1.29 is 14.7 Å². The Morgan fingerprint density at radius 1 is 1.06 bits per heavy atom. The molecular formula is C11H26N3O2+. The normalized spacial score (nSPS) is 21.2. The van der Waals surface area contributed by atoms with Crippen molar-refractivity contribution in [2.75, 3.05) is 65.6 Å². The van der Waals surface area contributed by atoms with E-state index in [9.17, 15) is 0 Å². The quantitative estimate of drug-likeness (QED) is 0.465. The molecule has 1 aliphatic heterocycles. The fourth-order valence-electron chi connectivity index (χ4n) is 2.49. The molecule has 1 fully saturated rings. The van der Waals surface area contributed by atoms with Gasteiger partial charge in [-0.1, -0.05) is 0 Å². The molecule has 0 radical (unpaired) electrons. The highest BCUT2D eigenvalue weighted by Crippen LogP contribution is 2.13. The first-order valence-electron chi connectivity index (χ1n) is 6.25. The van der Waals surface area contributed by atoms with Crippen molar-refractivity contribution in [1.29, 1.82) is 0 Å². The van der Waals surface area contributed by atoms with E-state index in [1.54, 1.807) is 0 Å². The first-order valence-corrected chi connectivity index (χ1v) is 6.25. The van der Waals surface area contributed by atoms with Gasteiger partial charge in [0.05, 0.1) is 32.8 Å². The maximum atomic E-state index is 9.15. The van der Waals surface area contributed by atoms with Crippen molar-refractivity contribution in [2.45, 2.75) is 6.42 Å². The van der Waals surface area contributed by atoms with Gasteiger partial charge in [-0.25, -0.2) is 0 Å². The minimum absolute atomic E-state index is 0.239. The Morgan fingerprint density at radius 2 is 1.75 bits per heavy atom. The second kappa shape index (κ2) is 7.19. The van der Waals surface area contributed by atoms with Crippen LogP contribution >= 0.6 is 0 Å². The topological polar surface area (TPSA) is 69.7 Å². The van der Waals surface area contributed by atoms with Crippen LogP contribution < -0.4 is 5.73 Å². The molecule has 5 heteroatoms. The minimum atomic E-state index is 0.239. The molecule has 1 rings (SSSR count). The summed E-state index contributed by atoms with van der Waals surface area (Å²) >= 11 is 0. The number of nitrogens with two attached hydrogens (primary N) is 1. The van der Waals surface area contributed by atoms with Crippen LogP contribution in [0.25, 0.3) is 0 Å². The van der Waals surface area contributed by atoms with E-state index in [0.29, 0.717) is 0 Å². The molecule has 0 aromatic heterocycles. The highest BCUT2D eigenvalue weighted by Gasteiger charge is 2.31. The van der Waals surface area contributed by atoms with Crippen LogP contribution in [0.5, 0.6) is 0 Å². The number of aliphatic hydroxyl groups excluding tert-OH is 2. The largest absolute Gasteiger partial charge is 0.395 e. The van der Waals surface area contributed by atoms with Crippen LogP contribution in [0.3, 0.4) is 0 Å². The molecule has 16 heavy (non-hydrogen) atoms. The van der Waals surface area contributed by atoms with Gasteiger partial charge >= 0.3 is 0 Å². The summed E-state index contributed by atoms with van der Waals surface area (Å²) in [4.78, 5) is 2.29. The van der Waals surface area contributed by atoms with E-state index < -0.39 is 0 Å². The van der Waals surface area contributed by atoms with Crippen LogP contribution in [0, 0.1) is 0 Å². The predicted octanol–water partition coefficient (Wildman–Crippen LogP) is -1.55. The molecule has 0 aromatic rings. The monoisotopic (exact) mass is 232 g/mol. The van der Waals surface area contributed by atoms with Gasteiger partial charge in [-0.05, 0) is 6.54 Å². The Balaban J connectivity index is 2.41. The van der Waals surface area contributed by atoms with Crippen LogP contribution in [-0.2, 0) is 0 Å². The van der Waals surface area contributed by atoms with E-state index in [-0.39, 0.29) is 13.2 Å². The lowest BCUT2D eigenvalue weighted by Gasteiger charge is -2.44. The Bertz CT molecular complexity index is 182. The Labute approximate surface area is 98.0 Å². The maximum absolute atomic E-state index is 9.15. The van der Waals surface area contributed by atoms with Crippen molar-refractivity contribution in [3.05, 3.63) is 0 Å². The molecule has 0 amide bonds. The number of aliphatic hydroxyl groups is 2. The third-order valence-electron chi connectivity index (χ3n) is 3.61. The number of rotatable bonds is 7. The molecule has 1 heterocycles. The summed E-state index contributed by atoms with van der Waals surface area (Å²) in [6.07, 6.45) is 1.03. The molecule has 0 atom stereocenters. The number of quaternary nitrogens is 1. The number of piperazine rings is 1. The molecule has 0 spiro atoms. The molecular weight excluding hydrogens is 206 g/mol. The fraction of sp³-hybridized carbons (Fsp3) is 1.00. The van der Waals surface area contributed by atoms with Crippen molar-refractivity contribution in [1.82, 2.24) is 4.90 Å². The van der Waals surface area contributed by atoms with Gasteiger partial charge in [-0.3, -0.25) is 4.90 Å². The molecule has 0 aromatic carbocycles. The fourth-order valence-corrected chi connectivity index (χ4v) is 2.49. The molecule has 0 aliphatic carbocycles. The molecule has 4 N–H and O–H groups in total. The zero-order chi connectivity index (χ0) is 11.9. The van der Waals surface area contributed by atoms with E-state index in [4.69, 9.17) is 15.9 Å². The first kappa shape index (κ1) is 13.9. The highest BCUT2D eigenvalue weighted by atomic mass is 16.3. The number of hydrogen-bond donors (Lipinski definition) is 3. The van der Waals surface area contributed by atoms with Crippen LogP contribution in [0.1, 0.15) is 6.42 Å². The molecule has 0 unspecified atom stereocenters. The standard InChI is InChI=1S/C11H26N3O2/c12-2-1-6-14(9-11-16)7-3-13(4-8-14)5-10-15/h15-16H,1-12H2/q+1. The summed E-state index contributed by atoms with van der Waals surface area (Å²) in [6.45, 7) is 8.09. The van der Waals surface area contributed by atoms with Gasteiger partial charge in [0.2, 0.25) is 0 Å². The van der Waals surface area contributed by atoms with Crippen LogP contribution in [-0.4, -0.2) is 85.2 Å². The van der Waals surface area contributed by atoms with E-state index in [0.717, 1.165) is 63.3 Å². The van der Waals surface area contributed by atoms with E-state index in [1.165, 1.54) is 0 Å². The molecule has 1 saturated heterocycles. The summed E-state index contributed by atoms with van der Waals surface area (Å²) < 4.78 is 0.996. The highest BCUT2D eigenvalue weighted by molar-refractivity contribution is 4.64.